The molecule has 0 amide bonds. The number of aliphatic carboxylic acids is 1. The zero-order valence-corrected chi connectivity index (χ0v) is 12.4. The molecule has 0 saturated heterocycles. The SMILES string of the molecule is Cc1nc2c(c(N[C@H](CC(C)C)C(=O)O)n1)CCCC2. The summed E-state index contributed by atoms with van der Waals surface area (Å²) in [4.78, 5) is 20.3. The van der Waals surface area contributed by atoms with Gasteiger partial charge in [-0.25, -0.2) is 14.8 Å². The molecule has 1 aromatic heterocycles. The predicted octanol–water partition coefficient (Wildman–Crippen LogP) is 2.58. The van der Waals surface area contributed by atoms with E-state index in [0.29, 0.717) is 18.2 Å². The first kappa shape index (κ1) is 14.8. The lowest BCUT2D eigenvalue weighted by molar-refractivity contribution is -0.138. The van der Waals surface area contributed by atoms with Crippen LogP contribution in [0.1, 0.15) is 50.2 Å². The Morgan fingerprint density at radius 2 is 2.00 bits per heavy atom. The molecule has 0 bridgehead atoms. The molecule has 2 N–H and O–H groups in total. The van der Waals surface area contributed by atoms with Crippen molar-refractivity contribution < 1.29 is 9.90 Å². The number of aromatic nitrogens is 2. The molecular formula is C15H23N3O2. The average Bonchev–Trinajstić information content (AvgIpc) is 2.37. The molecular weight excluding hydrogens is 254 g/mol. The summed E-state index contributed by atoms with van der Waals surface area (Å²) in [6.45, 7) is 5.91. The maximum atomic E-state index is 11.4. The standard InChI is InChI=1S/C15H23N3O2/c1-9(2)8-13(15(19)20)18-14-11-6-4-5-7-12(11)16-10(3)17-14/h9,13H,4-8H2,1-3H3,(H,19,20)(H,16,17,18)/t13-/m1/s1. The van der Waals surface area contributed by atoms with Gasteiger partial charge in [0.05, 0.1) is 0 Å². The van der Waals surface area contributed by atoms with Crippen LogP contribution in [-0.2, 0) is 17.6 Å². The number of anilines is 1. The minimum absolute atomic E-state index is 0.322. The highest BCUT2D eigenvalue weighted by atomic mass is 16.4. The number of carboxylic acid groups (broad SMARTS) is 1. The first-order chi connectivity index (χ1) is 9.47. The summed E-state index contributed by atoms with van der Waals surface area (Å²) in [6.07, 6.45) is 4.77. The molecule has 0 saturated carbocycles. The van der Waals surface area contributed by atoms with E-state index in [0.717, 1.165) is 42.8 Å². The lowest BCUT2D eigenvalue weighted by Gasteiger charge is -2.22. The number of carbonyl (C=O) groups is 1. The fourth-order valence-corrected chi connectivity index (χ4v) is 2.69. The third-order valence-corrected chi connectivity index (χ3v) is 3.61. The maximum absolute atomic E-state index is 11.4. The van der Waals surface area contributed by atoms with Gasteiger partial charge in [0.25, 0.3) is 0 Å². The van der Waals surface area contributed by atoms with E-state index in [1.165, 1.54) is 0 Å². The van der Waals surface area contributed by atoms with Crippen LogP contribution in [0.3, 0.4) is 0 Å². The quantitative estimate of drug-likeness (QED) is 0.865. The van der Waals surface area contributed by atoms with Crippen LogP contribution < -0.4 is 5.32 Å². The number of fused-ring (bicyclic) bond motifs is 1. The van der Waals surface area contributed by atoms with Crippen molar-refractivity contribution in [2.45, 2.75) is 58.9 Å². The van der Waals surface area contributed by atoms with Crippen LogP contribution >= 0.6 is 0 Å². The van der Waals surface area contributed by atoms with Gasteiger partial charge in [-0.1, -0.05) is 13.8 Å². The van der Waals surface area contributed by atoms with Gasteiger partial charge < -0.3 is 10.4 Å². The number of carboxylic acids is 1. The molecule has 1 heterocycles. The molecule has 0 spiro atoms. The summed E-state index contributed by atoms with van der Waals surface area (Å²) >= 11 is 0. The Kier molecular flexibility index (Phi) is 4.57. The average molecular weight is 277 g/mol. The van der Waals surface area contributed by atoms with Crippen LogP contribution in [0.25, 0.3) is 0 Å². The lowest BCUT2D eigenvalue weighted by atomic mass is 9.95. The monoisotopic (exact) mass is 277 g/mol. The second kappa shape index (κ2) is 6.20. The van der Waals surface area contributed by atoms with E-state index in [-0.39, 0.29) is 0 Å². The van der Waals surface area contributed by atoms with Crippen LogP contribution in [0.2, 0.25) is 0 Å². The van der Waals surface area contributed by atoms with Gasteiger partial charge in [0.1, 0.15) is 17.7 Å². The minimum atomic E-state index is -0.820. The fraction of sp³-hybridized carbons (Fsp3) is 0.667. The molecule has 0 aromatic carbocycles. The summed E-state index contributed by atoms with van der Waals surface area (Å²) in [5.41, 5.74) is 2.19. The minimum Gasteiger partial charge on any atom is -0.480 e. The molecule has 1 aliphatic rings. The second-order valence-electron chi connectivity index (χ2n) is 5.92. The predicted molar refractivity (Wildman–Crippen MR) is 77.9 cm³/mol. The Bertz CT molecular complexity index is 500. The first-order valence-corrected chi connectivity index (χ1v) is 7.33. The number of rotatable bonds is 5. The van der Waals surface area contributed by atoms with Crippen LogP contribution in [0.5, 0.6) is 0 Å². The van der Waals surface area contributed by atoms with Gasteiger partial charge in [-0.05, 0) is 44.9 Å². The summed E-state index contributed by atoms with van der Waals surface area (Å²) in [6, 6.07) is -0.588. The van der Waals surface area contributed by atoms with E-state index in [1.807, 2.05) is 20.8 Å². The van der Waals surface area contributed by atoms with Crippen LogP contribution in [0, 0.1) is 12.8 Å². The van der Waals surface area contributed by atoms with Crippen molar-refractivity contribution in [3.05, 3.63) is 17.1 Å². The van der Waals surface area contributed by atoms with Gasteiger partial charge in [0, 0.05) is 11.3 Å². The van der Waals surface area contributed by atoms with Crippen molar-refractivity contribution in [3.8, 4) is 0 Å². The molecule has 20 heavy (non-hydrogen) atoms. The maximum Gasteiger partial charge on any atom is 0.326 e. The Morgan fingerprint density at radius 3 is 2.65 bits per heavy atom. The van der Waals surface area contributed by atoms with Gasteiger partial charge >= 0.3 is 5.97 Å². The van der Waals surface area contributed by atoms with Crippen molar-refractivity contribution >= 4 is 11.8 Å². The molecule has 1 atom stereocenters. The van der Waals surface area contributed by atoms with Crippen molar-refractivity contribution in [1.29, 1.82) is 0 Å². The molecule has 2 rings (SSSR count). The van der Waals surface area contributed by atoms with E-state index in [9.17, 15) is 9.90 Å². The van der Waals surface area contributed by atoms with Gasteiger partial charge in [0.15, 0.2) is 0 Å². The normalized spacial score (nSPS) is 15.8. The summed E-state index contributed by atoms with van der Waals surface area (Å²) in [7, 11) is 0. The van der Waals surface area contributed by atoms with Gasteiger partial charge in [0.2, 0.25) is 0 Å². The van der Waals surface area contributed by atoms with Gasteiger partial charge in [-0.2, -0.15) is 0 Å². The van der Waals surface area contributed by atoms with E-state index in [2.05, 4.69) is 15.3 Å². The molecule has 1 aromatic rings. The van der Waals surface area contributed by atoms with Gasteiger partial charge in [-0.15, -0.1) is 0 Å². The van der Waals surface area contributed by atoms with Crippen LogP contribution in [-0.4, -0.2) is 27.1 Å². The van der Waals surface area contributed by atoms with Gasteiger partial charge in [-0.3, -0.25) is 0 Å². The highest BCUT2D eigenvalue weighted by Gasteiger charge is 2.23. The highest BCUT2D eigenvalue weighted by Crippen LogP contribution is 2.26. The smallest absolute Gasteiger partial charge is 0.326 e. The molecule has 5 heteroatoms. The van der Waals surface area contributed by atoms with Crippen molar-refractivity contribution in [2.75, 3.05) is 5.32 Å². The van der Waals surface area contributed by atoms with Crippen molar-refractivity contribution in [1.82, 2.24) is 9.97 Å². The largest absolute Gasteiger partial charge is 0.480 e. The second-order valence-corrected chi connectivity index (χ2v) is 5.92. The molecule has 5 nitrogen and oxygen atoms in total. The zero-order chi connectivity index (χ0) is 14.7. The first-order valence-electron chi connectivity index (χ1n) is 7.33. The number of hydrogen-bond acceptors (Lipinski definition) is 4. The molecule has 0 radical (unpaired) electrons. The Balaban J connectivity index is 2.27. The van der Waals surface area contributed by atoms with E-state index in [4.69, 9.17) is 0 Å². The molecule has 110 valence electrons. The van der Waals surface area contributed by atoms with Crippen molar-refractivity contribution in [2.24, 2.45) is 5.92 Å². The fourth-order valence-electron chi connectivity index (χ4n) is 2.69. The highest BCUT2D eigenvalue weighted by molar-refractivity contribution is 5.77. The topological polar surface area (TPSA) is 75.1 Å². The lowest BCUT2D eigenvalue weighted by Crippen LogP contribution is -2.32. The Morgan fingerprint density at radius 1 is 1.30 bits per heavy atom. The molecule has 0 fully saturated rings. The van der Waals surface area contributed by atoms with Crippen LogP contribution in [0.4, 0.5) is 5.82 Å². The molecule has 0 unspecified atom stereocenters. The van der Waals surface area contributed by atoms with E-state index < -0.39 is 12.0 Å². The Labute approximate surface area is 119 Å². The zero-order valence-electron chi connectivity index (χ0n) is 12.4. The molecule has 0 aliphatic heterocycles. The third-order valence-electron chi connectivity index (χ3n) is 3.61. The summed E-state index contributed by atoms with van der Waals surface area (Å²) in [5.74, 6) is 0.934. The third kappa shape index (κ3) is 3.46. The number of hydrogen-bond donors (Lipinski definition) is 2. The number of nitrogens with one attached hydrogen (secondary N) is 1. The molecule has 1 aliphatic carbocycles. The summed E-state index contributed by atoms with van der Waals surface area (Å²) < 4.78 is 0. The summed E-state index contributed by atoms with van der Waals surface area (Å²) in [5, 5.41) is 12.5. The van der Waals surface area contributed by atoms with Crippen molar-refractivity contribution in [3.63, 3.8) is 0 Å². The number of aryl methyl sites for hydroxylation is 2. The Hall–Kier alpha value is -1.65. The van der Waals surface area contributed by atoms with E-state index in [1.54, 1.807) is 0 Å². The van der Waals surface area contributed by atoms with E-state index >= 15 is 0 Å². The van der Waals surface area contributed by atoms with Crippen LogP contribution in [0.15, 0.2) is 0 Å². The number of nitrogens with zero attached hydrogens (tertiary/aromatic N) is 2.